The van der Waals surface area contributed by atoms with E-state index in [4.69, 9.17) is 0 Å². The lowest BCUT2D eigenvalue weighted by atomic mass is 10.2. The Bertz CT molecular complexity index is 459. The van der Waals surface area contributed by atoms with E-state index in [0.717, 1.165) is 17.9 Å². The van der Waals surface area contributed by atoms with Crippen molar-refractivity contribution in [2.75, 3.05) is 0 Å². The van der Waals surface area contributed by atoms with Crippen molar-refractivity contribution in [1.82, 2.24) is 14.8 Å². The average Bonchev–Trinajstić information content (AvgIpc) is 2.61. The van der Waals surface area contributed by atoms with E-state index in [0.29, 0.717) is 5.16 Å². The van der Waals surface area contributed by atoms with Gasteiger partial charge in [-0.25, -0.2) is 0 Å². The summed E-state index contributed by atoms with van der Waals surface area (Å²) in [5.74, 6) is 0.934. The van der Waals surface area contributed by atoms with Crippen LogP contribution in [-0.2, 0) is 6.42 Å². The molecule has 3 nitrogen and oxygen atoms in total. The van der Waals surface area contributed by atoms with Crippen LogP contribution in [0.5, 0.6) is 0 Å². The topological polar surface area (TPSA) is 30.7 Å². The van der Waals surface area contributed by atoms with Crippen molar-refractivity contribution >= 4 is 12.6 Å². The van der Waals surface area contributed by atoms with E-state index in [1.165, 1.54) is 5.56 Å². The lowest BCUT2D eigenvalue weighted by molar-refractivity contribution is 0.839. The number of aromatic nitrogens is 3. The molecule has 2 rings (SSSR count). The van der Waals surface area contributed by atoms with Crippen molar-refractivity contribution in [1.29, 1.82) is 0 Å². The summed E-state index contributed by atoms with van der Waals surface area (Å²) in [7, 11) is 0. The van der Waals surface area contributed by atoms with E-state index >= 15 is 0 Å². The number of aryl methyl sites for hydroxylation is 2. The quantitative estimate of drug-likeness (QED) is 0.786. The van der Waals surface area contributed by atoms with E-state index in [-0.39, 0.29) is 0 Å². The molecule has 0 amide bonds. The highest BCUT2D eigenvalue weighted by molar-refractivity contribution is 7.80. The Kier molecular flexibility index (Phi) is 2.77. The highest BCUT2D eigenvalue weighted by atomic mass is 32.1. The lowest BCUT2D eigenvalue weighted by Crippen LogP contribution is -2.00. The molecule has 78 valence electrons. The molecule has 0 atom stereocenters. The van der Waals surface area contributed by atoms with E-state index in [2.05, 4.69) is 60.9 Å². The van der Waals surface area contributed by atoms with Crippen molar-refractivity contribution in [2.24, 2.45) is 0 Å². The maximum atomic E-state index is 4.30. The maximum absolute atomic E-state index is 4.30. The summed E-state index contributed by atoms with van der Waals surface area (Å²) in [6, 6.07) is 8.25. The summed E-state index contributed by atoms with van der Waals surface area (Å²) in [4.78, 5) is 0. The standard InChI is InChI=1S/C11H13N3S/c1-3-10-12-13-11(15)14(10)9-6-4-8(2)5-7-9/h4-7H,3H2,1-2H3,(H,13,15). The van der Waals surface area contributed by atoms with Gasteiger partial charge in [-0.2, -0.15) is 0 Å². The maximum Gasteiger partial charge on any atom is 0.192 e. The Morgan fingerprint density at radius 3 is 2.47 bits per heavy atom. The van der Waals surface area contributed by atoms with Crippen molar-refractivity contribution in [3.8, 4) is 5.69 Å². The van der Waals surface area contributed by atoms with Gasteiger partial charge in [0.15, 0.2) is 5.16 Å². The fourth-order valence-electron chi connectivity index (χ4n) is 1.49. The van der Waals surface area contributed by atoms with Crippen LogP contribution in [-0.4, -0.2) is 14.8 Å². The van der Waals surface area contributed by atoms with Gasteiger partial charge in [-0.05, 0) is 19.1 Å². The fourth-order valence-corrected chi connectivity index (χ4v) is 1.77. The predicted octanol–water partition coefficient (Wildman–Crippen LogP) is 2.43. The molecule has 0 fully saturated rings. The smallest absolute Gasteiger partial charge is 0.192 e. The Labute approximate surface area is 94.6 Å². The van der Waals surface area contributed by atoms with Crippen molar-refractivity contribution in [2.45, 2.75) is 25.4 Å². The molecule has 2 aromatic rings. The second-order valence-corrected chi connectivity index (χ2v) is 3.84. The van der Waals surface area contributed by atoms with E-state index in [9.17, 15) is 0 Å². The molecule has 0 aliphatic carbocycles. The number of hydrogen-bond donors (Lipinski definition) is 1. The van der Waals surface area contributed by atoms with E-state index < -0.39 is 0 Å². The van der Waals surface area contributed by atoms with Gasteiger partial charge >= 0.3 is 0 Å². The van der Waals surface area contributed by atoms with Crippen molar-refractivity contribution < 1.29 is 0 Å². The van der Waals surface area contributed by atoms with Crippen LogP contribution < -0.4 is 0 Å². The molecular formula is C11H13N3S. The number of hydrogen-bond acceptors (Lipinski definition) is 3. The molecule has 4 heteroatoms. The molecule has 0 bridgehead atoms. The van der Waals surface area contributed by atoms with Gasteiger partial charge in [0.25, 0.3) is 0 Å². The number of rotatable bonds is 2. The zero-order valence-electron chi connectivity index (χ0n) is 8.81. The van der Waals surface area contributed by atoms with Crippen LogP contribution in [0.2, 0.25) is 0 Å². The highest BCUT2D eigenvalue weighted by Gasteiger charge is 2.08. The molecular weight excluding hydrogens is 206 g/mol. The zero-order chi connectivity index (χ0) is 10.8. The lowest BCUT2D eigenvalue weighted by Gasteiger charge is -2.06. The summed E-state index contributed by atoms with van der Waals surface area (Å²) >= 11 is 4.30. The molecule has 1 aromatic heterocycles. The summed E-state index contributed by atoms with van der Waals surface area (Å²) in [6.45, 7) is 4.13. The summed E-state index contributed by atoms with van der Waals surface area (Å²) in [6.07, 6.45) is 0.849. The second-order valence-electron chi connectivity index (χ2n) is 3.44. The SMILES string of the molecule is CCc1nnc(S)n1-c1ccc(C)cc1. The predicted molar refractivity (Wildman–Crippen MR) is 62.7 cm³/mol. The average molecular weight is 219 g/mol. The normalized spacial score (nSPS) is 10.6. The first kappa shape index (κ1) is 10.2. The van der Waals surface area contributed by atoms with Crippen LogP contribution in [0.3, 0.4) is 0 Å². The zero-order valence-corrected chi connectivity index (χ0v) is 9.70. The van der Waals surface area contributed by atoms with Gasteiger partial charge in [-0.3, -0.25) is 4.57 Å². The van der Waals surface area contributed by atoms with E-state index in [1.54, 1.807) is 0 Å². The minimum Gasteiger partial charge on any atom is -0.274 e. The van der Waals surface area contributed by atoms with Crippen LogP contribution in [0.15, 0.2) is 29.4 Å². The van der Waals surface area contributed by atoms with Crippen LogP contribution in [0, 0.1) is 6.92 Å². The van der Waals surface area contributed by atoms with Gasteiger partial charge in [0.1, 0.15) is 5.82 Å². The number of thiol groups is 1. The molecule has 0 aliphatic heterocycles. The molecule has 0 spiro atoms. The summed E-state index contributed by atoms with van der Waals surface area (Å²) < 4.78 is 1.96. The molecule has 0 saturated carbocycles. The summed E-state index contributed by atoms with van der Waals surface area (Å²) in [5, 5.41) is 8.67. The molecule has 1 aromatic carbocycles. The van der Waals surface area contributed by atoms with Gasteiger partial charge in [-0.15, -0.1) is 22.8 Å². The fraction of sp³-hybridized carbons (Fsp3) is 0.273. The molecule has 1 heterocycles. The van der Waals surface area contributed by atoms with Gasteiger partial charge in [0, 0.05) is 12.1 Å². The largest absolute Gasteiger partial charge is 0.274 e. The van der Waals surface area contributed by atoms with Crippen LogP contribution in [0.4, 0.5) is 0 Å². The van der Waals surface area contributed by atoms with Crippen LogP contribution in [0.1, 0.15) is 18.3 Å². The molecule has 0 saturated heterocycles. The molecule has 0 radical (unpaired) electrons. The Hall–Kier alpha value is -1.29. The first-order chi connectivity index (χ1) is 7.22. The molecule has 0 aliphatic rings. The van der Waals surface area contributed by atoms with Gasteiger partial charge in [0.2, 0.25) is 0 Å². The van der Waals surface area contributed by atoms with Crippen molar-refractivity contribution in [3.05, 3.63) is 35.7 Å². The molecule has 0 unspecified atom stereocenters. The Balaban J connectivity index is 2.52. The third-order valence-corrected chi connectivity index (χ3v) is 2.61. The highest BCUT2D eigenvalue weighted by Crippen LogP contribution is 2.16. The monoisotopic (exact) mass is 219 g/mol. The first-order valence-corrected chi connectivity index (χ1v) is 5.37. The van der Waals surface area contributed by atoms with Gasteiger partial charge < -0.3 is 0 Å². The Morgan fingerprint density at radius 1 is 1.20 bits per heavy atom. The van der Waals surface area contributed by atoms with Crippen molar-refractivity contribution in [3.63, 3.8) is 0 Å². The van der Waals surface area contributed by atoms with E-state index in [1.807, 2.05) is 4.57 Å². The second kappa shape index (κ2) is 4.06. The minimum absolute atomic E-state index is 0.635. The number of benzene rings is 1. The Morgan fingerprint density at radius 2 is 1.87 bits per heavy atom. The number of nitrogens with zero attached hydrogens (tertiary/aromatic N) is 3. The third kappa shape index (κ3) is 1.90. The molecule has 0 N–H and O–H groups in total. The minimum atomic E-state index is 0.635. The third-order valence-electron chi connectivity index (χ3n) is 2.32. The first-order valence-electron chi connectivity index (χ1n) is 4.92. The van der Waals surface area contributed by atoms with Gasteiger partial charge in [0.05, 0.1) is 0 Å². The van der Waals surface area contributed by atoms with Gasteiger partial charge in [-0.1, -0.05) is 24.6 Å². The van der Waals surface area contributed by atoms with Crippen LogP contribution >= 0.6 is 12.6 Å². The molecule has 15 heavy (non-hydrogen) atoms. The summed E-state index contributed by atoms with van der Waals surface area (Å²) in [5.41, 5.74) is 2.30. The van der Waals surface area contributed by atoms with Crippen LogP contribution in [0.25, 0.3) is 5.69 Å².